The fourth-order valence-corrected chi connectivity index (χ4v) is 2.30. The van der Waals surface area contributed by atoms with Crippen molar-refractivity contribution in [2.45, 2.75) is 32.0 Å². The van der Waals surface area contributed by atoms with E-state index in [2.05, 4.69) is 20.7 Å². The Morgan fingerprint density at radius 3 is 2.58 bits per heavy atom. The van der Waals surface area contributed by atoms with Gasteiger partial charge in [0.1, 0.15) is 0 Å². The fourth-order valence-electron chi connectivity index (χ4n) is 2.30. The molecule has 0 aliphatic heterocycles. The summed E-state index contributed by atoms with van der Waals surface area (Å²) in [6.45, 7) is 1.43. The van der Waals surface area contributed by atoms with Crippen LogP contribution in [0.3, 0.4) is 0 Å². The Morgan fingerprint density at radius 2 is 2.00 bits per heavy atom. The number of nitrogens with one attached hydrogen (secondary N) is 2. The first-order valence-corrected chi connectivity index (χ1v) is 7.91. The Balaban J connectivity index is 1.68. The Labute approximate surface area is 146 Å². The molecule has 0 aromatic carbocycles. The van der Waals surface area contributed by atoms with E-state index in [9.17, 15) is 22.8 Å². The van der Waals surface area contributed by atoms with Crippen molar-refractivity contribution in [3.8, 4) is 5.82 Å². The molecule has 0 atom stereocenters. The summed E-state index contributed by atoms with van der Waals surface area (Å²) in [5.74, 6) is -0.608. The first kappa shape index (κ1) is 17.9. The molecule has 10 heteroatoms. The van der Waals surface area contributed by atoms with Crippen LogP contribution in [-0.4, -0.2) is 39.2 Å². The molecule has 7 nitrogen and oxygen atoms in total. The Hall–Kier alpha value is -2.91. The predicted molar refractivity (Wildman–Crippen MR) is 84.6 cm³/mol. The van der Waals surface area contributed by atoms with Crippen LogP contribution in [0.15, 0.2) is 24.5 Å². The van der Waals surface area contributed by atoms with Gasteiger partial charge in [0.05, 0.1) is 29.6 Å². The molecule has 138 valence electrons. The summed E-state index contributed by atoms with van der Waals surface area (Å²) in [6.07, 6.45) is -0.588. The zero-order valence-corrected chi connectivity index (χ0v) is 13.8. The average Bonchev–Trinajstić information content (AvgIpc) is 3.31. The molecule has 1 aliphatic carbocycles. The third kappa shape index (κ3) is 4.01. The van der Waals surface area contributed by atoms with Crippen LogP contribution in [0.2, 0.25) is 0 Å². The molecule has 2 aromatic heterocycles. The van der Waals surface area contributed by atoms with E-state index in [1.54, 1.807) is 6.92 Å². The molecule has 1 fully saturated rings. The highest BCUT2D eigenvalue weighted by Crippen LogP contribution is 2.28. The lowest BCUT2D eigenvalue weighted by Gasteiger charge is -2.08. The highest BCUT2D eigenvalue weighted by Gasteiger charge is 2.31. The maximum Gasteiger partial charge on any atom is 0.417 e. The summed E-state index contributed by atoms with van der Waals surface area (Å²) in [6, 6.07) is 2.27. The van der Waals surface area contributed by atoms with E-state index in [-0.39, 0.29) is 29.9 Å². The van der Waals surface area contributed by atoms with Crippen LogP contribution < -0.4 is 10.6 Å². The van der Waals surface area contributed by atoms with Gasteiger partial charge in [0.2, 0.25) is 5.91 Å². The van der Waals surface area contributed by atoms with Crippen molar-refractivity contribution in [2.24, 2.45) is 0 Å². The molecule has 1 aliphatic rings. The van der Waals surface area contributed by atoms with Crippen LogP contribution in [0.4, 0.5) is 13.2 Å². The van der Waals surface area contributed by atoms with E-state index in [1.807, 2.05) is 0 Å². The minimum Gasteiger partial charge on any atom is -0.352 e. The zero-order chi connectivity index (χ0) is 18.9. The molecule has 0 bridgehead atoms. The molecular weight excluding hydrogens is 351 g/mol. The fraction of sp³-hybridized carbons (Fsp3) is 0.375. The summed E-state index contributed by atoms with van der Waals surface area (Å²) in [5, 5.41) is 9.24. The summed E-state index contributed by atoms with van der Waals surface area (Å²) in [4.78, 5) is 27.5. The van der Waals surface area contributed by atoms with Crippen molar-refractivity contribution in [2.75, 3.05) is 6.54 Å². The van der Waals surface area contributed by atoms with Crippen LogP contribution >= 0.6 is 0 Å². The topological polar surface area (TPSA) is 88.9 Å². The summed E-state index contributed by atoms with van der Waals surface area (Å²) >= 11 is 0. The highest BCUT2D eigenvalue weighted by atomic mass is 19.4. The minimum atomic E-state index is -4.48. The van der Waals surface area contributed by atoms with E-state index >= 15 is 0 Å². The van der Waals surface area contributed by atoms with Crippen LogP contribution in [-0.2, 0) is 11.0 Å². The SMILES string of the molecule is Cc1c(C(=O)NCC(=O)NC2CC2)cnn1-c1ccc(C(F)(F)F)cn1. The molecule has 3 rings (SSSR count). The number of alkyl halides is 3. The van der Waals surface area contributed by atoms with Crippen molar-refractivity contribution < 1.29 is 22.8 Å². The van der Waals surface area contributed by atoms with Gasteiger partial charge in [-0.15, -0.1) is 0 Å². The van der Waals surface area contributed by atoms with Gasteiger partial charge in [-0.25, -0.2) is 9.67 Å². The number of carbonyl (C=O) groups excluding carboxylic acids is 2. The number of aromatic nitrogens is 3. The lowest BCUT2D eigenvalue weighted by Crippen LogP contribution is -2.37. The standard InChI is InChI=1S/C16H16F3N5O2/c1-9-12(15(26)21-8-14(25)23-11-3-4-11)7-22-24(9)13-5-2-10(6-20-13)16(17,18)19/h2,5-7,11H,3-4,8H2,1H3,(H,21,26)(H,23,25). The second-order valence-electron chi connectivity index (χ2n) is 5.98. The molecule has 2 aromatic rings. The first-order chi connectivity index (χ1) is 12.3. The number of hydrogen-bond donors (Lipinski definition) is 2. The lowest BCUT2D eigenvalue weighted by atomic mass is 10.2. The third-order valence-electron chi connectivity index (χ3n) is 3.90. The van der Waals surface area contributed by atoms with Crippen LogP contribution in [0.1, 0.15) is 34.5 Å². The quantitative estimate of drug-likeness (QED) is 0.840. The molecule has 2 amide bonds. The first-order valence-electron chi connectivity index (χ1n) is 7.91. The molecule has 0 saturated heterocycles. The smallest absolute Gasteiger partial charge is 0.352 e. The second-order valence-corrected chi connectivity index (χ2v) is 5.98. The summed E-state index contributed by atoms with van der Waals surface area (Å²) < 4.78 is 39.1. The Kier molecular flexibility index (Phi) is 4.66. The number of nitrogens with zero attached hydrogens (tertiary/aromatic N) is 3. The normalized spacial score (nSPS) is 14.2. The molecule has 2 N–H and O–H groups in total. The molecule has 26 heavy (non-hydrogen) atoms. The van der Waals surface area contributed by atoms with Crippen molar-refractivity contribution in [1.29, 1.82) is 0 Å². The van der Waals surface area contributed by atoms with E-state index < -0.39 is 17.6 Å². The summed E-state index contributed by atoms with van der Waals surface area (Å²) in [5.41, 5.74) is -0.256. The van der Waals surface area contributed by atoms with Gasteiger partial charge in [0, 0.05) is 12.2 Å². The molecule has 0 radical (unpaired) electrons. The van der Waals surface area contributed by atoms with Crippen molar-refractivity contribution in [3.05, 3.63) is 41.3 Å². The van der Waals surface area contributed by atoms with E-state index in [1.165, 1.54) is 16.9 Å². The number of amides is 2. The molecule has 0 spiro atoms. The van der Waals surface area contributed by atoms with Gasteiger partial charge >= 0.3 is 6.18 Å². The monoisotopic (exact) mass is 367 g/mol. The van der Waals surface area contributed by atoms with Crippen molar-refractivity contribution in [3.63, 3.8) is 0 Å². The van der Waals surface area contributed by atoms with Crippen LogP contribution in [0, 0.1) is 6.92 Å². The van der Waals surface area contributed by atoms with E-state index in [4.69, 9.17) is 0 Å². The van der Waals surface area contributed by atoms with E-state index in [0.29, 0.717) is 11.9 Å². The zero-order valence-electron chi connectivity index (χ0n) is 13.8. The molecular formula is C16H16F3N5O2. The summed E-state index contributed by atoms with van der Waals surface area (Å²) in [7, 11) is 0. The van der Waals surface area contributed by atoms with E-state index in [0.717, 1.165) is 18.9 Å². The minimum absolute atomic E-state index is 0.154. The number of rotatable bonds is 5. The van der Waals surface area contributed by atoms with Gasteiger partial charge in [-0.2, -0.15) is 18.3 Å². The largest absolute Gasteiger partial charge is 0.417 e. The van der Waals surface area contributed by atoms with Gasteiger partial charge in [-0.3, -0.25) is 9.59 Å². The van der Waals surface area contributed by atoms with Gasteiger partial charge in [-0.05, 0) is 31.9 Å². The number of pyridine rings is 1. The van der Waals surface area contributed by atoms with Gasteiger partial charge in [0.25, 0.3) is 5.91 Å². The number of halogens is 3. The number of carbonyl (C=O) groups is 2. The Bertz CT molecular complexity index is 825. The third-order valence-corrected chi connectivity index (χ3v) is 3.90. The van der Waals surface area contributed by atoms with Crippen molar-refractivity contribution in [1.82, 2.24) is 25.4 Å². The highest BCUT2D eigenvalue weighted by molar-refractivity contribution is 5.97. The van der Waals surface area contributed by atoms with Crippen LogP contribution in [0.25, 0.3) is 5.82 Å². The van der Waals surface area contributed by atoms with Crippen molar-refractivity contribution >= 4 is 11.8 Å². The Morgan fingerprint density at radius 1 is 1.27 bits per heavy atom. The molecule has 1 saturated carbocycles. The maximum atomic E-state index is 12.6. The van der Waals surface area contributed by atoms with Gasteiger partial charge in [0.15, 0.2) is 5.82 Å². The van der Waals surface area contributed by atoms with Gasteiger partial charge < -0.3 is 10.6 Å². The molecule has 0 unspecified atom stereocenters. The molecule has 2 heterocycles. The average molecular weight is 367 g/mol. The predicted octanol–water partition coefficient (Wildman–Crippen LogP) is 1.60. The maximum absolute atomic E-state index is 12.6. The van der Waals surface area contributed by atoms with Crippen LogP contribution in [0.5, 0.6) is 0 Å². The number of hydrogen-bond acceptors (Lipinski definition) is 4. The second kappa shape index (κ2) is 6.77. The van der Waals surface area contributed by atoms with Gasteiger partial charge in [-0.1, -0.05) is 0 Å². The lowest BCUT2D eigenvalue weighted by molar-refractivity contribution is -0.137.